The van der Waals surface area contributed by atoms with Crippen molar-refractivity contribution in [3.8, 4) is 0 Å². The highest BCUT2D eigenvalue weighted by molar-refractivity contribution is 6.47. The van der Waals surface area contributed by atoms with Gasteiger partial charge in [0.1, 0.15) is 13.7 Å². The van der Waals surface area contributed by atoms with Gasteiger partial charge in [-0.05, 0) is 24.6 Å². The highest BCUT2D eigenvalue weighted by atomic mass is 19.4. The molecule has 0 spiro atoms. The van der Waals surface area contributed by atoms with Gasteiger partial charge in [-0.25, -0.2) is 0 Å². The monoisotopic (exact) mass is 465 g/mol. The Labute approximate surface area is 187 Å². The van der Waals surface area contributed by atoms with Crippen LogP contribution in [0.2, 0.25) is 0 Å². The van der Waals surface area contributed by atoms with Crippen LogP contribution < -0.4 is 11.2 Å². The highest BCUT2D eigenvalue weighted by Gasteiger charge is 2.30. The van der Waals surface area contributed by atoms with Crippen LogP contribution in [0.3, 0.4) is 0 Å². The van der Waals surface area contributed by atoms with Gasteiger partial charge in [0.2, 0.25) is 0 Å². The number of hydrogen-bond acceptors (Lipinski definition) is 7. The van der Waals surface area contributed by atoms with E-state index in [9.17, 15) is 22.8 Å². The number of ether oxygens (including phenoxy) is 1. The summed E-state index contributed by atoms with van der Waals surface area (Å²) in [6, 6.07) is 10.8. The summed E-state index contributed by atoms with van der Waals surface area (Å²) in [4.78, 5) is 34.3. The number of alkyl halides is 3. The first-order valence-electron chi connectivity index (χ1n) is 9.43. The number of hydrogen-bond donors (Lipinski definition) is 2. The largest absolute Gasteiger partial charge is 0.416 e. The lowest BCUT2D eigenvalue weighted by Gasteiger charge is -2.16. The zero-order valence-electron chi connectivity index (χ0n) is 18.0. The summed E-state index contributed by atoms with van der Waals surface area (Å²) in [5, 5.41) is 5.84. The van der Waals surface area contributed by atoms with Gasteiger partial charge in [0.05, 0.1) is 5.56 Å². The van der Waals surface area contributed by atoms with E-state index in [-0.39, 0.29) is 23.6 Å². The van der Waals surface area contributed by atoms with Crippen molar-refractivity contribution in [2.75, 3.05) is 20.8 Å². The van der Waals surface area contributed by atoms with E-state index in [1.807, 2.05) is 0 Å². The molecule has 0 heterocycles. The number of allylic oxidation sites excluding steroid dienone is 1. The van der Waals surface area contributed by atoms with Gasteiger partial charge in [-0.1, -0.05) is 41.6 Å². The van der Waals surface area contributed by atoms with Gasteiger partial charge in [0, 0.05) is 23.8 Å². The fourth-order valence-corrected chi connectivity index (χ4v) is 2.94. The average molecular weight is 465 g/mol. The van der Waals surface area contributed by atoms with Crippen LogP contribution in [0, 0.1) is 0 Å². The maximum atomic E-state index is 12.9. The third-order valence-corrected chi connectivity index (χ3v) is 4.46. The van der Waals surface area contributed by atoms with Crippen LogP contribution in [0.25, 0.3) is 11.3 Å². The zero-order valence-corrected chi connectivity index (χ0v) is 18.0. The molecule has 0 aliphatic rings. The smallest absolute Gasteiger partial charge is 0.411 e. The number of methoxy groups -OCH3 is 1. The molecule has 33 heavy (non-hydrogen) atoms. The van der Waals surface area contributed by atoms with Crippen LogP contribution in [0.5, 0.6) is 0 Å². The normalized spacial score (nSPS) is 12.6. The quantitative estimate of drug-likeness (QED) is 0.268. The maximum absolute atomic E-state index is 12.9. The van der Waals surface area contributed by atoms with Crippen molar-refractivity contribution < 1.29 is 37.2 Å². The van der Waals surface area contributed by atoms with Crippen LogP contribution in [0.15, 0.2) is 53.7 Å². The standard InChI is InChI=1S/C22H22F3N3O5/c1-13(14-8-10-15(11-9-14)22(23,24)25)20(33-26)17-7-5-4-6-16(17)19(28-32-3)21(30)27-18(29)12-31-2/h4-11H,12,26H2,1-3H3,(H,27,29,30). The van der Waals surface area contributed by atoms with Crippen LogP contribution in [-0.2, 0) is 30.2 Å². The third kappa shape index (κ3) is 6.40. The summed E-state index contributed by atoms with van der Waals surface area (Å²) in [6.07, 6.45) is -4.48. The van der Waals surface area contributed by atoms with E-state index < -0.39 is 23.6 Å². The van der Waals surface area contributed by atoms with Crippen LogP contribution in [0.4, 0.5) is 13.2 Å². The lowest BCUT2D eigenvalue weighted by Crippen LogP contribution is -2.38. The number of nitrogens with two attached hydrogens (primary N) is 1. The van der Waals surface area contributed by atoms with Crippen molar-refractivity contribution in [2.45, 2.75) is 13.1 Å². The molecule has 8 nitrogen and oxygen atoms in total. The van der Waals surface area contributed by atoms with Crippen molar-refractivity contribution in [3.63, 3.8) is 0 Å². The van der Waals surface area contributed by atoms with E-state index in [1.165, 1.54) is 32.4 Å². The van der Waals surface area contributed by atoms with Gasteiger partial charge >= 0.3 is 6.18 Å². The molecule has 3 N–H and O–H groups in total. The van der Waals surface area contributed by atoms with Crippen LogP contribution >= 0.6 is 0 Å². The average Bonchev–Trinajstić information content (AvgIpc) is 2.78. The number of amides is 2. The Hall–Kier alpha value is -3.70. The molecule has 0 aliphatic carbocycles. The fraction of sp³-hybridized carbons (Fsp3) is 0.227. The molecule has 2 amide bonds. The summed E-state index contributed by atoms with van der Waals surface area (Å²) < 4.78 is 43.4. The van der Waals surface area contributed by atoms with Gasteiger partial charge < -0.3 is 14.4 Å². The van der Waals surface area contributed by atoms with Gasteiger partial charge in [0.25, 0.3) is 11.8 Å². The number of halogens is 3. The predicted octanol–water partition coefficient (Wildman–Crippen LogP) is 3.12. The molecule has 0 radical (unpaired) electrons. The molecule has 11 heteroatoms. The second-order valence-electron chi connectivity index (χ2n) is 6.63. The highest BCUT2D eigenvalue weighted by Crippen LogP contribution is 2.32. The van der Waals surface area contributed by atoms with Crippen LogP contribution in [-0.4, -0.2) is 38.4 Å². The van der Waals surface area contributed by atoms with Crippen molar-refractivity contribution in [1.82, 2.24) is 5.32 Å². The first-order chi connectivity index (χ1) is 15.6. The first-order valence-corrected chi connectivity index (χ1v) is 9.43. The molecule has 0 aliphatic heterocycles. The molecule has 0 saturated heterocycles. The van der Waals surface area contributed by atoms with Gasteiger partial charge in [0.15, 0.2) is 11.5 Å². The molecular formula is C22H22F3N3O5. The van der Waals surface area contributed by atoms with Crippen molar-refractivity contribution in [1.29, 1.82) is 0 Å². The lowest BCUT2D eigenvalue weighted by atomic mass is 9.96. The molecule has 0 bridgehead atoms. The zero-order chi connectivity index (χ0) is 24.6. The number of nitrogens with one attached hydrogen (secondary N) is 1. The minimum absolute atomic E-state index is 0.0742. The Morgan fingerprint density at radius 1 is 1.03 bits per heavy atom. The molecule has 0 fully saturated rings. The summed E-state index contributed by atoms with van der Waals surface area (Å²) in [6.45, 7) is 1.24. The molecule has 0 aromatic heterocycles. The minimum Gasteiger partial charge on any atom is -0.411 e. The predicted molar refractivity (Wildman–Crippen MR) is 114 cm³/mol. The van der Waals surface area contributed by atoms with E-state index >= 15 is 0 Å². The summed E-state index contributed by atoms with van der Waals surface area (Å²) >= 11 is 0. The van der Waals surface area contributed by atoms with Gasteiger partial charge in [-0.2, -0.15) is 19.1 Å². The topological polar surface area (TPSA) is 112 Å². The number of oxime groups is 1. The lowest BCUT2D eigenvalue weighted by molar-refractivity contribution is -0.137. The molecule has 0 unspecified atom stereocenters. The molecule has 0 atom stereocenters. The summed E-state index contributed by atoms with van der Waals surface area (Å²) in [5.74, 6) is 4.01. The SMILES string of the molecule is COCC(=O)NC(=O)C(=NOC)c1ccccc1C(ON)=C(C)c1ccc(C(F)(F)F)cc1. The Kier molecular flexibility index (Phi) is 8.71. The van der Waals surface area contributed by atoms with E-state index in [2.05, 4.69) is 15.2 Å². The Balaban J connectivity index is 2.56. The van der Waals surface area contributed by atoms with E-state index in [1.54, 1.807) is 25.1 Å². The van der Waals surface area contributed by atoms with Crippen molar-refractivity contribution >= 4 is 28.9 Å². The molecule has 176 valence electrons. The number of nitrogens with zero attached hydrogens (tertiary/aromatic N) is 1. The van der Waals surface area contributed by atoms with E-state index in [4.69, 9.17) is 15.6 Å². The number of imide groups is 1. The third-order valence-electron chi connectivity index (χ3n) is 4.46. The maximum Gasteiger partial charge on any atom is 0.416 e. The molecular weight excluding hydrogens is 443 g/mol. The van der Waals surface area contributed by atoms with E-state index in [0.29, 0.717) is 16.7 Å². The number of rotatable bonds is 8. The summed E-state index contributed by atoms with van der Waals surface area (Å²) in [7, 11) is 2.51. The summed E-state index contributed by atoms with van der Waals surface area (Å²) in [5.41, 5.74) is 0.236. The van der Waals surface area contributed by atoms with Crippen molar-refractivity contribution in [2.24, 2.45) is 11.1 Å². The molecule has 0 saturated carbocycles. The number of benzene rings is 2. The second-order valence-corrected chi connectivity index (χ2v) is 6.63. The second kappa shape index (κ2) is 11.2. The number of carbonyl (C=O) groups is 2. The molecule has 2 aromatic rings. The van der Waals surface area contributed by atoms with Gasteiger partial charge in [-0.3, -0.25) is 14.9 Å². The van der Waals surface area contributed by atoms with Crippen LogP contribution in [0.1, 0.15) is 29.2 Å². The van der Waals surface area contributed by atoms with E-state index in [0.717, 1.165) is 12.1 Å². The van der Waals surface area contributed by atoms with Gasteiger partial charge in [-0.15, -0.1) is 0 Å². The Morgan fingerprint density at radius 2 is 1.64 bits per heavy atom. The van der Waals surface area contributed by atoms with Crippen molar-refractivity contribution in [3.05, 3.63) is 70.8 Å². The molecule has 2 aromatic carbocycles. The Bertz CT molecular complexity index is 1060. The first kappa shape index (κ1) is 25.6. The fourth-order valence-electron chi connectivity index (χ4n) is 2.94. The molecule has 2 rings (SSSR count). The minimum atomic E-state index is -4.48. The Morgan fingerprint density at radius 3 is 2.15 bits per heavy atom. The number of carbonyl (C=O) groups excluding carboxylic acids is 2.